The molecule has 44 heavy (non-hydrogen) atoms. The molecule has 2 aliphatic heterocycles. The summed E-state index contributed by atoms with van der Waals surface area (Å²) < 4.78 is 12.5. The van der Waals surface area contributed by atoms with E-state index < -0.39 is 5.97 Å². The van der Waals surface area contributed by atoms with E-state index in [2.05, 4.69) is 41.3 Å². The highest BCUT2D eigenvalue weighted by Gasteiger charge is 2.67. The number of likely N-dealkylation sites (tertiary alicyclic amines) is 1. The lowest BCUT2D eigenvalue weighted by molar-refractivity contribution is -0.135. The Morgan fingerprint density at radius 3 is 2.73 bits per heavy atom. The zero-order chi connectivity index (χ0) is 30.6. The van der Waals surface area contributed by atoms with Crippen molar-refractivity contribution in [1.82, 2.24) is 9.80 Å². The van der Waals surface area contributed by atoms with Crippen LogP contribution in [0.3, 0.4) is 0 Å². The van der Waals surface area contributed by atoms with Gasteiger partial charge in [0, 0.05) is 55.2 Å². The Kier molecular flexibility index (Phi) is 7.24. The second kappa shape index (κ2) is 11.1. The topological polar surface area (TPSA) is 79.3 Å². The molecule has 1 saturated heterocycles. The summed E-state index contributed by atoms with van der Waals surface area (Å²) in [5.74, 6) is 0.782. The van der Waals surface area contributed by atoms with Gasteiger partial charge in [0.15, 0.2) is 11.5 Å². The monoisotopic (exact) mass is 592 g/mol. The van der Waals surface area contributed by atoms with Crippen molar-refractivity contribution in [2.24, 2.45) is 5.92 Å². The number of carbonyl (C=O) groups excluding carboxylic acids is 2. The van der Waals surface area contributed by atoms with Crippen molar-refractivity contribution >= 4 is 18.0 Å². The van der Waals surface area contributed by atoms with Crippen LogP contribution < -0.4 is 9.47 Å². The predicted molar refractivity (Wildman–Crippen MR) is 169 cm³/mol. The average Bonchev–Trinajstić information content (AvgIpc) is 3.35. The fourth-order valence-corrected chi connectivity index (χ4v) is 8.70. The van der Waals surface area contributed by atoms with Crippen LogP contribution in [0, 0.1) is 12.8 Å². The van der Waals surface area contributed by atoms with Gasteiger partial charge in [0.25, 0.3) is 0 Å². The Hall–Kier alpha value is -4.10. The van der Waals surface area contributed by atoms with Gasteiger partial charge >= 0.3 is 5.97 Å². The molecule has 3 aromatic rings. The highest BCUT2D eigenvalue weighted by Crippen LogP contribution is 2.65. The van der Waals surface area contributed by atoms with Crippen LogP contribution in [0.5, 0.6) is 17.2 Å². The van der Waals surface area contributed by atoms with Crippen molar-refractivity contribution in [3.05, 3.63) is 94.6 Å². The molecule has 3 aromatic carbocycles. The molecule has 2 aliphatic carbocycles. The van der Waals surface area contributed by atoms with Crippen LogP contribution in [-0.4, -0.2) is 65.1 Å². The Morgan fingerprint density at radius 1 is 1.14 bits per heavy atom. The first-order chi connectivity index (χ1) is 21.3. The van der Waals surface area contributed by atoms with Crippen molar-refractivity contribution in [2.45, 2.75) is 69.6 Å². The first-order valence-electron chi connectivity index (χ1n) is 15.8. The van der Waals surface area contributed by atoms with Crippen molar-refractivity contribution in [2.75, 3.05) is 20.1 Å². The highest BCUT2D eigenvalue weighted by atomic mass is 16.6. The molecule has 1 amide bonds. The maximum atomic E-state index is 13.6. The minimum atomic E-state index is -0.456. The second-order valence-corrected chi connectivity index (χ2v) is 13.0. The molecule has 0 radical (unpaired) electrons. The molecule has 0 unspecified atom stereocenters. The van der Waals surface area contributed by atoms with Crippen LogP contribution in [0.25, 0.3) is 6.08 Å². The molecule has 2 heterocycles. The number of carbonyl (C=O) groups is 2. The van der Waals surface area contributed by atoms with E-state index in [4.69, 9.17) is 9.47 Å². The van der Waals surface area contributed by atoms with Gasteiger partial charge in [0.2, 0.25) is 5.91 Å². The van der Waals surface area contributed by atoms with Gasteiger partial charge < -0.3 is 19.5 Å². The van der Waals surface area contributed by atoms with E-state index in [1.807, 2.05) is 43.1 Å². The number of aryl methyl sites for hydroxylation is 1. The smallest absolute Gasteiger partial charge is 0.308 e. The number of phenolic OH excluding ortho intramolecular Hbond substituents is 1. The normalized spacial score (nSPS) is 26.6. The van der Waals surface area contributed by atoms with Crippen LogP contribution >= 0.6 is 0 Å². The average molecular weight is 593 g/mol. The summed E-state index contributed by atoms with van der Waals surface area (Å²) in [4.78, 5) is 30.1. The number of nitrogens with zero attached hydrogens (tertiary/aromatic N) is 2. The summed E-state index contributed by atoms with van der Waals surface area (Å²) in [6.07, 6.45) is 7.55. The summed E-state index contributed by atoms with van der Waals surface area (Å²) in [5, 5.41) is 11.4. The van der Waals surface area contributed by atoms with Crippen molar-refractivity contribution in [3.63, 3.8) is 0 Å². The lowest BCUT2D eigenvalue weighted by Gasteiger charge is -2.60. The number of phenols is 1. The van der Waals surface area contributed by atoms with Crippen molar-refractivity contribution in [3.8, 4) is 17.2 Å². The minimum absolute atomic E-state index is 0.0677. The Labute approximate surface area is 259 Å². The van der Waals surface area contributed by atoms with E-state index in [0.29, 0.717) is 11.7 Å². The summed E-state index contributed by atoms with van der Waals surface area (Å²) in [6.45, 7) is 5.26. The molecular formula is C37H40N2O5. The summed E-state index contributed by atoms with van der Waals surface area (Å²) in [7, 11) is 1.87. The Morgan fingerprint density at radius 2 is 1.95 bits per heavy atom. The number of ether oxygens (including phenoxy) is 2. The number of rotatable bonds is 7. The molecule has 2 bridgehead atoms. The van der Waals surface area contributed by atoms with E-state index >= 15 is 0 Å². The van der Waals surface area contributed by atoms with E-state index in [0.717, 1.165) is 67.4 Å². The first kappa shape index (κ1) is 28.7. The fourth-order valence-electron chi connectivity index (χ4n) is 8.70. The zero-order valence-electron chi connectivity index (χ0n) is 25.7. The van der Waals surface area contributed by atoms with Gasteiger partial charge in [-0.25, -0.2) is 0 Å². The quantitative estimate of drug-likeness (QED) is 0.223. The van der Waals surface area contributed by atoms with Gasteiger partial charge in [-0.3, -0.25) is 14.5 Å². The molecule has 4 aliphatic rings. The molecule has 1 saturated carbocycles. The lowest BCUT2D eigenvalue weighted by atomic mass is 9.50. The number of likely N-dealkylation sites (N-methyl/N-ethyl adjacent to an activating group) is 1. The molecule has 5 atom stereocenters. The van der Waals surface area contributed by atoms with Gasteiger partial charge in [0.1, 0.15) is 11.9 Å². The molecule has 0 aromatic heterocycles. The minimum Gasteiger partial charge on any atom is -0.508 e. The van der Waals surface area contributed by atoms with E-state index in [9.17, 15) is 14.7 Å². The highest BCUT2D eigenvalue weighted by molar-refractivity contribution is 5.92. The van der Waals surface area contributed by atoms with Gasteiger partial charge in [-0.05, 0) is 68.7 Å². The van der Waals surface area contributed by atoms with Gasteiger partial charge in [0.05, 0.1) is 6.04 Å². The van der Waals surface area contributed by atoms with Crippen LogP contribution in [0.15, 0.2) is 66.7 Å². The van der Waals surface area contributed by atoms with Gasteiger partial charge in [-0.2, -0.15) is 0 Å². The summed E-state index contributed by atoms with van der Waals surface area (Å²) in [6, 6.07) is 20.3. The van der Waals surface area contributed by atoms with Crippen LogP contribution in [0.4, 0.5) is 0 Å². The second-order valence-electron chi connectivity index (χ2n) is 13.0. The largest absolute Gasteiger partial charge is 0.508 e. The maximum Gasteiger partial charge on any atom is 0.308 e. The number of benzene rings is 3. The van der Waals surface area contributed by atoms with E-state index in [1.165, 1.54) is 12.5 Å². The van der Waals surface area contributed by atoms with Crippen molar-refractivity contribution in [1.29, 1.82) is 0 Å². The molecule has 228 valence electrons. The predicted octanol–water partition coefficient (Wildman–Crippen LogP) is 5.45. The van der Waals surface area contributed by atoms with Crippen molar-refractivity contribution < 1.29 is 24.2 Å². The molecule has 7 heteroatoms. The zero-order valence-corrected chi connectivity index (χ0v) is 25.7. The third kappa shape index (κ3) is 4.69. The van der Waals surface area contributed by atoms with Crippen LogP contribution in [0.2, 0.25) is 0 Å². The molecule has 7 rings (SSSR count). The molecular weight excluding hydrogens is 552 g/mol. The number of hydrogen-bond donors (Lipinski definition) is 1. The van der Waals surface area contributed by atoms with E-state index in [-0.39, 0.29) is 41.0 Å². The standard InChI is InChI=1S/C37H40N2O5/c1-23-8-7-11-26(20-23)12-15-33(42)38(3)29-14-13-28-30-21-27-31(41)22-32(43-24(2)40)35-34(27)37(28,36(29)44-35)17-19-39(30)18-16-25-9-5-4-6-10-25/h4-12,15,20,22,28-30,36,41H,13-14,16-19,21H2,1-3H3/t28-,29+,30+,36-,37-/m0/s1. The third-order valence-electron chi connectivity index (χ3n) is 10.6. The molecule has 1 N–H and O–H groups in total. The first-order valence-corrected chi connectivity index (χ1v) is 15.8. The van der Waals surface area contributed by atoms with Crippen LogP contribution in [0.1, 0.15) is 54.0 Å². The molecule has 2 fully saturated rings. The lowest BCUT2D eigenvalue weighted by Crippen LogP contribution is -2.69. The molecule has 7 nitrogen and oxygen atoms in total. The number of amides is 1. The van der Waals surface area contributed by atoms with Gasteiger partial charge in [-0.15, -0.1) is 0 Å². The Bertz CT molecular complexity index is 1630. The number of piperidine rings is 1. The van der Waals surface area contributed by atoms with Gasteiger partial charge in [-0.1, -0.05) is 60.2 Å². The van der Waals surface area contributed by atoms with E-state index in [1.54, 1.807) is 12.1 Å². The number of hydrogen-bond acceptors (Lipinski definition) is 6. The maximum absolute atomic E-state index is 13.6. The summed E-state index contributed by atoms with van der Waals surface area (Å²) in [5.41, 5.74) is 4.99. The fraction of sp³-hybridized carbons (Fsp3) is 0.405. The third-order valence-corrected chi connectivity index (χ3v) is 10.6. The SMILES string of the molecule is CC(=O)Oc1cc(O)c2c3c1O[C@H]1[C@H](N(C)C(=O)C=Cc4cccc(C)c4)CC[C@H]4[C@@H](C2)N(CCc2ccccc2)CC[C@@]341. The number of aromatic hydroxyl groups is 1. The Balaban J connectivity index is 1.24. The molecule has 1 spiro atoms. The van der Waals surface area contributed by atoms with Crippen LogP contribution in [-0.2, 0) is 27.8 Å². The summed E-state index contributed by atoms with van der Waals surface area (Å²) >= 11 is 0. The number of esters is 1.